The van der Waals surface area contributed by atoms with E-state index in [1.807, 2.05) is 0 Å². The van der Waals surface area contributed by atoms with E-state index in [0.29, 0.717) is 41.0 Å². The van der Waals surface area contributed by atoms with Gasteiger partial charge in [0.2, 0.25) is 10.0 Å². The van der Waals surface area contributed by atoms with E-state index < -0.39 is 21.9 Å². The lowest BCUT2D eigenvalue weighted by molar-refractivity contribution is 0.155. The molecule has 6 nitrogen and oxygen atoms in total. The monoisotopic (exact) mass is 398 g/mol. The minimum atomic E-state index is -3.81. The first kappa shape index (κ1) is 19.0. The van der Waals surface area contributed by atoms with E-state index >= 15 is 0 Å². The highest BCUT2D eigenvalue weighted by Crippen LogP contribution is 2.34. The van der Waals surface area contributed by atoms with Crippen molar-refractivity contribution in [1.29, 1.82) is 0 Å². The van der Waals surface area contributed by atoms with Gasteiger partial charge in [-0.15, -0.1) is 11.3 Å². The zero-order valence-electron chi connectivity index (χ0n) is 14.1. The quantitative estimate of drug-likeness (QED) is 0.599. The zero-order chi connectivity index (χ0) is 18.9. The van der Waals surface area contributed by atoms with Gasteiger partial charge in [0, 0.05) is 19.0 Å². The molecule has 1 aliphatic carbocycles. The number of rotatable bonds is 5. The Morgan fingerprint density at radius 3 is 2.65 bits per heavy atom. The number of benzene rings is 1. The molecule has 0 saturated heterocycles. The van der Waals surface area contributed by atoms with Crippen LogP contribution in [0.2, 0.25) is 0 Å². The topological polar surface area (TPSA) is 90.2 Å². The van der Waals surface area contributed by atoms with Crippen LogP contribution < -0.4 is 0 Å². The molecule has 140 valence electrons. The molecule has 1 aromatic carbocycles. The molecule has 0 bridgehead atoms. The predicted octanol–water partition coefficient (Wildman–Crippen LogP) is 2.76. The van der Waals surface area contributed by atoms with Crippen LogP contribution in [0.5, 0.6) is 0 Å². The first-order valence-electron chi connectivity index (χ1n) is 8.06. The van der Waals surface area contributed by atoms with Crippen LogP contribution in [0.25, 0.3) is 0 Å². The van der Waals surface area contributed by atoms with Crippen LogP contribution in [0.15, 0.2) is 39.7 Å². The summed E-state index contributed by atoms with van der Waals surface area (Å²) in [6.07, 6.45) is 0.858. The summed E-state index contributed by atoms with van der Waals surface area (Å²) in [6.45, 7) is -0.153. The van der Waals surface area contributed by atoms with Gasteiger partial charge in [0.1, 0.15) is 5.82 Å². The van der Waals surface area contributed by atoms with Crippen LogP contribution in [0.3, 0.4) is 0 Å². The molecule has 3 rings (SSSR count). The molecule has 2 aromatic rings. The minimum absolute atomic E-state index is 0.153. The number of halogens is 1. The highest BCUT2D eigenvalue weighted by molar-refractivity contribution is 7.89. The van der Waals surface area contributed by atoms with Gasteiger partial charge in [0.15, 0.2) is 0 Å². The summed E-state index contributed by atoms with van der Waals surface area (Å²) in [5.41, 5.74) is 1.61. The Morgan fingerprint density at radius 1 is 1.31 bits per heavy atom. The van der Waals surface area contributed by atoms with Crippen molar-refractivity contribution < 1.29 is 23.1 Å². The number of hydrogen-bond donors (Lipinski definition) is 2. The normalized spacial score (nSPS) is 17.5. The smallest absolute Gasteiger partial charge is 0.244 e. The second-order valence-corrected chi connectivity index (χ2v) is 9.05. The molecule has 0 aliphatic heterocycles. The third-order valence-electron chi connectivity index (χ3n) is 4.45. The number of aliphatic hydroxyl groups is 1. The van der Waals surface area contributed by atoms with Gasteiger partial charge < -0.3 is 10.3 Å². The van der Waals surface area contributed by atoms with Crippen LogP contribution in [-0.4, -0.2) is 42.3 Å². The van der Waals surface area contributed by atoms with Crippen LogP contribution in [-0.2, 0) is 16.4 Å². The molecule has 1 atom stereocenters. The average Bonchev–Trinajstić information content (AvgIpc) is 3.07. The first-order valence-corrected chi connectivity index (χ1v) is 10.4. The Balaban J connectivity index is 1.84. The fourth-order valence-electron chi connectivity index (χ4n) is 3.00. The number of sulfonamides is 1. The molecular weight excluding hydrogens is 379 g/mol. The lowest BCUT2D eigenvalue weighted by atomic mass is 9.98. The molecule has 0 unspecified atom stereocenters. The Kier molecular flexibility index (Phi) is 5.42. The van der Waals surface area contributed by atoms with E-state index in [9.17, 15) is 17.9 Å². The van der Waals surface area contributed by atoms with Crippen molar-refractivity contribution in [2.75, 3.05) is 13.6 Å². The molecule has 1 heterocycles. The molecule has 2 N–H and O–H groups in total. The van der Waals surface area contributed by atoms with Gasteiger partial charge in [-0.1, -0.05) is 17.3 Å². The number of nitrogens with zero attached hydrogens (tertiary/aromatic N) is 2. The fraction of sp³-hybridized carbons (Fsp3) is 0.353. The average molecular weight is 398 g/mol. The molecule has 9 heteroatoms. The van der Waals surface area contributed by atoms with Crippen molar-refractivity contribution in [3.63, 3.8) is 0 Å². The van der Waals surface area contributed by atoms with Crippen molar-refractivity contribution in [3.05, 3.63) is 51.5 Å². The summed E-state index contributed by atoms with van der Waals surface area (Å²) >= 11 is 1.25. The third kappa shape index (κ3) is 3.52. The van der Waals surface area contributed by atoms with Crippen LogP contribution in [0, 0.1) is 5.82 Å². The Morgan fingerprint density at radius 2 is 2.00 bits per heavy atom. The highest BCUT2D eigenvalue weighted by atomic mass is 32.2. The second-order valence-electron chi connectivity index (χ2n) is 6.16. The van der Waals surface area contributed by atoms with Crippen LogP contribution in [0.4, 0.5) is 4.39 Å². The summed E-state index contributed by atoms with van der Waals surface area (Å²) in [6, 6.07) is 5.30. The van der Waals surface area contributed by atoms with Gasteiger partial charge in [-0.05, 0) is 42.5 Å². The van der Waals surface area contributed by atoms with Gasteiger partial charge in [0.25, 0.3) is 0 Å². The van der Waals surface area contributed by atoms with Gasteiger partial charge in [-0.2, -0.15) is 4.31 Å². The Labute approximate surface area is 155 Å². The van der Waals surface area contributed by atoms with Crippen molar-refractivity contribution in [3.8, 4) is 0 Å². The molecule has 0 radical (unpaired) electrons. The Hall–Kier alpha value is -1.81. The van der Waals surface area contributed by atoms with Crippen LogP contribution >= 0.6 is 11.3 Å². The molecule has 0 saturated carbocycles. The van der Waals surface area contributed by atoms with E-state index in [1.165, 1.54) is 42.6 Å². The third-order valence-corrected chi connectivity index (χ3v) is 7.56. The highest BCUT2D eigenvalue weighted by Gasteiger charge is 2.31. The standard InChI is InChI=1S/C17H19FN2O4S2/c1-20(9-15(21)11-5-7-12(18)8-6-11)26(23,24)16-10-25-17-13(16)3-2-4-14(17)19-22/h5-8,10,15,21-22H,2-4,9H2,1H3/b19-14-/t15-/m0/s1. The van der Waals surface area contributed by atoms with Crippen molar-refractivity contribution in [1.82, 2.24) is 4.31 Å². The van der Waals surface area contributed by atoms with E-state index in [-0.39, 0.29) is 11.4 Å². The maximum Gasteiger partial charge on any atom is 0.244 e. The first-order chi connectivity index (χ1) is 12.3. The van der Waals surface area contributed by atoms with Gasteiger partial charge in [-0.3, -0.25) is 0 Å². The van der Waals surface area contributed by atoms with E-state index in [1.54, 1.807) is 5.38 Å². The van der Waals surface area contributed by atoms with E-state index in [0.717, 1.165) is 4.31 Å². The number of likely N-dealkylation sites (N-methyl/N-ethyl adjacent to an activating group) is 1. The van der Waals surface area contributed by atoms with E-state index in [4.69, 9.17) is 5.21 Å². The Bertz CT molecular complexity index is 923. The summed E-state index contributed by atoms with van der Waals surface area (Å²) in [5, 5.41) is 24.2. The number of hydrogen-bond acceptors (Lipinski definition) is 6. The van der Waals surface area contributed by atoms with Crippen molar-refractivity contribution >= 4 is 27.1 Å². The summed E-state index contributed by atoms with van der Waals surface area (Å²) in [4.78, 5) is 0.886. The van der Waals surface area contributed by atoms with Gasteiger partial charge in [0.05, 0.1) is 21.6 Å². The minimum Gasteiger partial charge on any atom is -0.411 e. The largest absolute Gasteiger partial charge is 0.411 e. The number of aliphatic hydroxyl groups excluding tert-OH is 1. The number of thiophene rings is 1. The molecular formula is C17H19FN2O4S2. The summed E-state index contributed by atoms with van der Waals surface area (Å²) in [5.74, 6) is -0.423. The number of oxime groups is 1. The molecule has 1 aliphatic rings. The van der Waals surface area contributed by atoms with Crippen molar-refractivity contribution in [2.24, 2.45) is 5.16 Å². The van der Waals surface area contributed by atoms with Crippen molar-refractivity contribution in [2.45, 2.75) is 30.3 Å². The van der Waals surface area contributed by atoms with Crippen LogP contribution in [0.1, 0.15) is 34.9 Å². The fourth-order valence-corrected chi connectivity index (χ4v) is 5.89. The maximum absolute atomic E-state index is 13.0. The second kappa shape index (κ2) is 7.43. The molecule has 0 spiro atoms. The summed E-state index contributed by atoms with van der Waals surface area (Å²) in [7, 11) is -2.41. The predicted molar refractivity (Wildman–Crippen MR) is 96.8 cm³/mol. The van der Waals surface area contributed by atoms with Gasteiger partial charge >= 0.3 is 0 Å². The van der Waals surface area contributed by atoms with Gasteiger partial charge in [-0.25, -0.2) is 12.8 Å². The SMILES string of the molecule is CN(C[C@H](O)c1ccc(F)cc1)S(=O)(=O)c1csc2c1CCC/C2=N/O. The lowest BCUT2D eigenvalue weighted by Gasteiger charge is -2.22. The number of fused-ring (bicyclic) bond motifs is 1. The van der Waals surface area contributed by atoms with E-state index in [2.05, 4.69) is 5.16 Å². The molecule has 0 fully saturated rings. The molecule has 1 aromatic heterocycles. The lowest BCUT2D eigenvalue weighted by Crippen LogP contribution is -2.31. The maximum atomic E-state index is 13.0. The zero-order valence-corrected chi connectivity index (χ0v) is 15.7. The summed E-state index contributed by atoms with van der Waals surface area (Å²) < 4.78 is 40.0. The molecule has 0 amide bonds. The molecule has 26 heavy (non-hydrogen) atoms.